The molecule has 1 aliphatic rings. The number of ketones is 1. The number of nitrogens with zero attached hydrogens (tertiary/aromatic N) is 1. The van der Waals surface area contributed by atoms with E-state index in [0.29, 0.717) is 37.9 Å². The first-order valence-corrected chi connectivity index (χ1v) is 10.4. The third-order valence-electron chi connectivity index (χ3n) is 4.70. The molecule has 2 rings (SSSR count). The number of rotatable bonds is 6. The van der Waals surface area contributed by atoms with Crippen LogP contribution in [0.15, 0.2) is 24.3 Å². The van der Waals surface area contributed by atoms with Gasteiger partial charge in [-0.3, -0.25) is 4.79 Å². The molecule has 1 heterocycles. The van der Waals surface area contributed by atoms with Crippen LogP contribution in [0.1, 0.15) is 50.4 Å². The second-order valence-electron chi connectivity index (χ2n) is 7.89. The van der Waals surface area contributed by atoms with Gasteiger partial charge in [-0.25, -0.2) is 12.7 Å². The van der Waals surface area contributed by atoms with Crippen molar-refractivity contribution in [1.82, 2.24) is 4.31 Å². The summed E-state index contributed by atoms with van der Waals surface area (Å²) in [6.07, 6.45) is 1.80. The van der Waals surface area contributed by atoms with Crippen LogP contribution < -0.4 is 4.74 Å². The van der Waals surface area contributed by atoms with Crippen LogP contribution >= 0.6 is 0 Å². The Morgan fingerprint density at radius 2 is 1.72 bits per heavy atom. The topological polar surface area (TPSA) is 63.7 Å². The molecule has 0 N–H and O–H groups in total. The van der Waals surface area contributed by atoms with Crippen molar-refractivity contribution in [3.8, 4) is 5.75 Å². The Morgan fingerprint density at radius 3 is 2.20 bits per heavy atom. The average molecular weight is 368 g/mol. The van der Waals surface area contributed by atoms with Crippen molar-refractivity contribution < 1.29 is 17.9 Å². The van der Waals surface area contributed by atoms with Gasteiger partial charge in [0.1, 0.15) is 5.75 Å². The summed E-state index contributed by atoms with van der Waals surface area (Å²) < 4.78 is 31.6. The number of carbonyl (C=O) groups is 1. The fourth-order valence-electron chi connectivity index (χ4n) is 2.95. The molecule has 25 heavy (non-hydrogen) atoms. The lowest BCUT2D eigenvalue weighted by atomic mass is 9.89. The number of Topliss-reactive ketones (excluding diaryl/α,β-unsaturated/α-hetero) is 1. The summed E-state index contributed by atoms with van der Waals surface area (Å²) in [6, 6.07) is 7.10. The van der Waals surface area contributed by atoms with Crippen molar-refractivity contribution in [2.75, 3.05) is 26.0 Å². The minimum Gasteiger partial charge on any atom is -0.497 e. The van der Waals surface area contributed by atoms with Crippen LogP contribution in [0.3, 0.4) is 0 Å². The van der Waals surface area contributed by atoms with Crippen molar-refractivity contribution in [3.63, 3.8) is 0 Å². The van der Waals surface area contributed by atoms with E-state index < -0.39 is 10.0 Å². The average Bonchev–Trinajstić information content (AvgIpc) is 2.59. The van der Waals surface area contributed by atoms with E-state index >= 15 is 0 Å². The molecule has 0 radical (unpaired) electrons. The summed E-state index contributed by atoms with van der Waals surface area (Å²) in [6.45, 7) is 6.99. The number of carbonyl (C=O) groups excluding carboxylic acids is 1. The van der Waals surface area contributed by atoms with Gasteiger partial charge in [-0.1, -0.05) is 20.8 Å². The zero-order valence-electron chi connectivity index (χ0n) is 15.6. The number of hydrogen-bond donors (Lipinski definition) is 0. The van der Waals surface area contributed by atoms with Gasteiger partial charge >= 0.3 is 0 Å². The summed E-state index contributed by atoms with van der Waals surface area (Å²) in [5, 5.41) is 0. The molecule has 0 atom stereocenters. The van der Waals surface area contributed by atoms with Crippen LogP contribution in [0.5, 0.6) is 5.75 Å². The Hall–Kier alpha value is -1.40. The SMILES string of the molecule is COc1ccc(C(=O)C2CCN(S(=O)(=O)CCC(C)(C)C)CC2)cc1. The molecule has 1 aliphatic heterocycles. The number of methoxy groups -OCH3 is 1. The maximum Gasteiger partial charge on any atom is 0.214 e. The predicted octanol–water partition coefficient (Wildman–Crippen LogP) is 3.36. The molecular weight excluding hydrogens is 338 g/mol. The lowest BCUT2D eigenvalue weighted by Gasteiger charge is -2.31. The lowest BCUT2D eigenvalue weighted by molar-refractivity contribution is 0.0875. The van der Waals surface area contributed by atoms with Crippen LogP contribution in [0, 0.1) is 11.3 Å². The van der Waals surface area contributed by atoms with Crippen LogP contribution in [0.25, 0.3) is 0 Å². The predicted molar refractivity (Wildman–Crippen MR) is 99.5 cm³/mol. The molecule has 1 fully saturated rings. The van der Waals surface area contributed by atoms with Gasteiger partial charge in [0.25, 0.3) is 0 Å². The highest BCUT2D eigenvalue weighted by atomic mass is 32.2. The summed E-state index contributed by atoms with van der Waals surface area (Å²) >= 11 is 0. The molecule has 6 heteroatoms. The molecule has 0 aliphatic carbocycles. The molecule has 0 bridgehead atoms. The number of ether oxygens (including phenoxy) is 1. The molecule has 1 saturated heterocycles. The fraction of sp³-hybridized carbons (Fsp3) is 0.632. The van der Waals surface area contributed by atoms with Gasteiger partial charge in [0.15, 0.2) is 5.78 Å². The molecule has 140 valence electrons. The van der Waals surface area contributed by atoms with E-state index in [4.69, 9.17) is 4.74 Å². The van der Waals surface area contributed by atoms with Crippen molar-refractivity contribution >= 4 is 15.8 Å². The number of sulfonamides is 1. The minimum atomic E-state index is -3.23. The third kappa shape index (κ3) is 5.54. The zero-order chi connectivity index (χ0) is 18.7. The van der Waals surface area contributed by atoms with Gasteiger partial charge in [-0.2, -0.15) is 0 Å². The Bertz CT molecular complexity index is 681. The highest BCUT2D eigenvalue weighted by Gasteiger charge is 2.32. The van der Waals surface area contributed by atoms with E-state index in [1.54, 1.807) is 35.7 Å². The normalized spacial score (nSPS) is 17.4. The quantitative estimate of drug-likeness (QED) is 0.723. The second kappa shape index (κ2) is 7.87. The van der Waals surface area contributed by atoms with Crippen molar-refractivity contribution in [1.29, 1.82) is 0 Å². The molecule has 1 aromatic rings. The minimum absolute atomic E-state index is 0.00424. The number of benzene rings is 1. The van der Waals surface area contributed by atoms with Gasteiger partial charge in [0, 0.05) is 24.6 Å². The van der Waals surface area contributed by atoms with E-state index in [1.807, 2.05) is 20.8 Å². The molecule has 0 unspecified atom stereocenters. The van der Waals surface area contributed by atoms with Crippen LogP contribution in [-0.2, 0) is 10.0 Å². The van der Waals surface area contributed by atoms with Crippen molar-refractivity contribution in [2.24, 2.45) is 11.3 Å². The standard InChI is InChI=1S/C19H29NO4S/c1-19(2,3)11-14-25(22,23)20-12-9-16(10-13-20)18(21)15-5-7-17(24-4)8-6-15/h5-8,16H,9-14H2,1-4H3. The van der Waals surface area contributed by atoms with Crippen LogP contribution in [0.2, 0.25) is 0 Å². The first kappa shape index (κ1) is 19.9. The zero-order valence-corrected chi connectivity index (χ0v) is 16.4. The monoisotopic (exact) mass is 367 g/mol. The first-order valence-electron chi connectivity index (χ1n) is 8.78. The second-order valence-corrected chi connectivity index (χ2v) is 9.98. The Kier molecular flexibility index (Phi) is 6.27. The van der Waals surface area contributed by atoms with Gasteiger partial charge < -0.3 is 4.74 Å². The largest absolute Gasteiger partial charge is 0.497 e. The highest BCUT2D eigenvalue weighted by Crippen LogP contribution is 2.26. The van der Waals surface area contributed by atoms with E-state index in [2.05, 4.69) is 0 Å². The summed E-state index contributed by atoms with van der Waals surface area (Å²) in [5.74, 6) is 0.876. The summed E-state index contributed by atoms with van der Waals surface area (Å²) in [5.41, 5.74) is 0.658. The fourth-order valence-corrected chi connectivity index (χ4v) is 4.85. The van der Waals surface area contributed by atoms with Gasteiger partial charge in [-0.05, 0) is 48.9 Å². The third-order valence-corrected chi connectivity index (χ3v) is 6.57. The summed E-state index contributed by atoms with van der Waals surface area (Å²) in [4.78, 5) is 12.6. The van der Waals surface area contributed by atoms with Crippen LogP contribution in [0.4, 0.5) is 0 Å². The Balaban J connectivity index is 1.93. The first-order chi connectivity index (χ1) is 11.6. The highest BCUT2D eigenvalue weighted by molar-refractivity contribution is 7.89. The molecule has 1 aromatic carbocycles. The van der Waals surface area contributed by atoms with Crippen molar-refractivity contribution in [2.45, 2.75) is 40.0 Å². The van der Waals surface area contributed by atoms with Gasteiger partial charge in [0.2, 0.25) is 10.0 Å². The number of piperidine rings is 1. The molecule has 0 aromatic heterocycles. The van der Waals surface area contributed by atoms with E-state index in [9.17, 15) is 13.2 Å². The van der Waals surface area contributed by atoms with Gasteiger partial charge in [0.05, 0.1) is 12.9 Å². The van der Waals surface area contributed by atoms with E-state index in [1.165, 1.54) is 0 Å². The maximum atomic E-state index is 12.6. The van der Waals surface area contributed by atoms with E-state index in [-0.39, 0.29) is 22.9 Å². The molecular formula is C19H29NO4S. The lowest BCUT2D eigenvalue weighted by Crippen LogP contribution is -2.41. The van der Waals surface area contributed by atoms with Crippen molar-refractivity contribution in [3.05, 3.63) is 29.8 Å². The van der Waals surface area contributed by atoms with Gasteiger partial charge in [-0.15, -0.1) is 0 Å². The Morgan fingerprint density at radius 1 is 1.16 bits per heavy atom. The maximum absolute atomic E-state index is 12.6. The van der Waals surface area contributed by atoms with Crippen LogP contribution in [-0.4, -0.2) is 44.5 Å². The molecule has 5 nitrogen and oxygen atoms in total. The number of hydrogen-bond acceptors (Lipinski definition) is 4. The Labute approximate surface area is 151 Å². The molecule has 0 saturated carbocycles. The molecule has 0 spiro atoms. The molecule has 0 amide bonds. The summed E-state index contributed by atoms with van der Waals surface area (Å²) in [7, 11) is -1.64. The van der Waals surface area contributed by atoms with E-state index in [0.717, 1.165) is 5.75 Å². The smallest absolute Gasteiger partial charge is 0.214 e.